The minimum atomic E-state index is 0.166. The number of fused-ring (bicyclic) bond motifs is 1. The molecule has 3 atom stereocenters. The second-order valence-corrected chi connectivity index (χ2v) is 8.56. The van der Waals surface area contributed by atoms with E-state index in [0.29, 0.717) is 18.0 Å². The fourth-order valence-electron chi connectivity index (χ4n) is 5.21. The lowest BCUT2D eigenvalue weighted by molar-refractivity contribution is 0.161. The predicted octanol–water partition coefficient (Wildman–Crippen LogP) is 3.29. The van der Waals surface area contributed by atoms with Gasteiger partial charge < -0.3 is 25.4 Å². The zero-order chi connectivity index (χ0) is 20.9. The molecule has 2 aliphatic rings. The van der Waals surface area contributed by atoms with Crippen molar-refractivity contribution in [3.8, 4) is 11.5 Å². The maximum atomic E-state index is 6.17. The summed E-state index contributed by atoms with van der Waals surface area (Å²) in [5, 5.41) is 3.49. The highest BCUT2D eigenvalue weighted by atomic mass is 16.5. The van der Waals surface area contributed by atoms with Crippen molar-refractivity contribution in [2.75, 3.05) is 34.4 Å². The molecule has 1 saturated carbocycles. The van der Waals surface area contributed by atoms with E-state index in [1.807, 2.05) is 6.07 Å². The van der Waals surface area contributed by atoms with Gasteiger partial charge in [0, 0.05) is 24.0 Å². The zero-order valence-electron chi connectivity index (χ0n) is 18.5. The number of hydrogen-bond acceptors (Lipinski definition) is 4. The van der Waals surface area contributed by atoms with Gasteiger partial charge in [-0.05, 0) is 63.4 Å². The summed E-state index contributed by atoms with van der Waals surface area (Å²) in [7, 11) is 5.64. The third kappa shape index (κ3) is 4.63. The molecule has 6 nitrogen and oxygen atoms in total. The van der Waals surface area contributed by atoms with E-state index in [1.54, 1.807) is 14.2 Å². The van der Waals surface area contributed by atoms with Gasteiger partial charge in [0.1, 0.15) is 0 Å². The molecule has 1 saturated heterocycles. The van der Waals surface area contributed by atoms with Gasteiger partial charge in [-0.3, -0.25) is 4.99 Å². The molecule has 3 N–H and O–H groups in total. The van der Waals surface area contributed by atoms with Crippen LogP contribution in [0.25, 0.3) is 0 Å². The summed E-state index contributed by atoms with van der Waals surface area (Å²) in [6, 6.07) is 7.32. The Kier molecular flexibility index (Phi) is 7.28. The molecule has 1 heterocycles. The van der Waals surface area contributed by atoms with Crippen LogP contribution < -0.4 is 20.5 Å². The molecule has 0 radical (unpaired) electrons. The van der Waals surface area contributed by atoms with Crippen LogP contribution in [0.15, 0.2) is 23.2 Å². The van der Waals surface area contributed by atoms with Crippen molar-refractivity contribution in [1.29, 1.82) is 0 Å². The standard InChI is InChI=1S/C23H38N4O2/c1-5-6-7-13-25-22(24)26-18-10-11-23(12-14-27(2)21(23)16-18)17-8-9-19(28-3)20(15-17)29-4/h8-9,15,18,21H,5-7,10-14,16H2,1-4H3,(H3,24,25,26)/t18-,21-,23-/m0/s1. The van der Waals surface area contributed by atoms with Crippen molar-refractivity contribution >= 4 is 5.96 Å². The van der Waals surface area contributed by atoms with Crippen LogP contribution >= 0.6 is 0 Å². The summed E-state index contributed by atoms with van der Waals surface area (Å²) in [6.45, 7) is 4.14. The van der Waals surface area contributed by atoms with E-state index in [-0.39, 0.29) is 5.41 Å². The van der Waals surface area contributed by atoms with Crippen molar-refractivity contribution in [1.82, 2.24) is 10.2 Å². The molecule has 3 rings (SSSR count). The Morgan fingerprint density at radius 1 is 1.24 bits per heavy atom. The van der Waals surface area contributed by atoms with Crippen LogP contribution in [0.3, 0.4) is 0 Å². The molecule has 0 amide bonds. The molecule has 1 aromatic carbocycles. The lowest BCUT2D eigenvalue weighted by Crippen LogP contribution is -2.52. The SMILES string of the molecule is CCCCCN=C(N)N[C@H]1CC[C@@]2(c3ccc(OC)c(OC)c3)CCN(C)[C@H]2C1. The summed E-state index contributed by atoms with van der Waals surface area (Å²) in [4.78, 5) is 7.03. The summed E-state index contributed by atoms with van der Waals surface area (Å²) in [5.41, 5.74) is 7.70. The van der Waals surface area contributed by atoms with E-state index in [9.17, 15) is 0 Å². The van der Waals surface area contributed by atoms with Crippen LogP contribution in [0.1, 0.15) is 57.4 Å². The quantitative estimate of drug-likeness (QED) is 0.397. The number of benzene rings is 1. The molecule has 6 heteroatoms. The molecule has 162 valence electrons. The van der Waals surface area contributed by atoms with Gasteiger partial charge in [-0.2, -0.15) is 0 Å². The van der Waals surface area contributed by atoms with Gasteiger partial charge in [0.05, 0.1) is 14.2 Å². The van der Waals surface area contributed by atoms with E-state index in [4.69, 9.17) is 15.2 Å². The largest absolute Gasteiger partial charge is 0.493 e. The van der Waals surface area contributed by atoms with E-state index in [0.717, 1.165) is 50.3 Å². The van der Waals surface area contributed by atoms with E-state index in [2.05, 4.69) is 41.3 Å². The molecule has 29 heavy (non-hydrogen) atoms. The fourth-order valence-corrected chi connectivity index (χ4v) is 5.21. The van der Waals surface area contributed by atoms with E-state index >= 15 is 0 Å². The van der Waals surface area contributed by atoms with Gasteiger partial charge in [-0.15, -0.1) is 0 Å². The van der Waals surface area contributed by atoms with Crippen LogP contribution in [-0.4, -0.2) is 57.3 Å². The number of guanidine groups is 1. The first-order chi connectivity index (χ1) is 14.0. The Morgan fingerprint density at radius 2 is 2.03 bits per heavy atom. The van der Waals surface area contributed by atoms with E-state index in [1.165, 1.54) is 24.8 Å². The van der Waals surface area contributed by atoms with E-state index < -0.39 is 0 Å². The highest BCUT2D eigenvalue weighted by Crippen LogP contribution is 2.49. The average Bonchev–Trinajstić information content (AvgIpc) is 3.08. The van der Waals surface area contributed by atoms with Crippen molar-refractivity contribution in [2.45, 2.75) is 69.4 Å². The van der Waals surface area contributed by atoms with Gasteiger partial charge in [-0.25, -0.2) is 0 Å². The second-order valence-electron chi connectivity index (χ2n) is 8.56. The molecule has 2 fully saturated rings. The third-order valence-electron chi connectivity index (χ3n) is 6.88. The van der Waals surface area contributed by atoms with Crippen LogP contribution in [0.2, 0.25) is 0 Å². The molecule has 1 aromatic rings. The van der Waals surface area contributed by atoms with Crippen molar-refractivity contribution < 1.29 is 9.47 Å². The lowest BCUT2D eigenvalue weighted by Gasteiger charge is -2.45. The first-order valence-electron chi connectivity index (χ1n) is 11.0. The maximum absolute atomic E-state index is 6.17. The second kappa shape index (κ2) is 9.70. The summed E-state index contributed by atoms with van der Waals surface area (Å²) in [6.07, 6.45) is 8.02. The highest BCUT2D eigenvalue weighted by Gasteiger charge is 2.50. The topological polar surface area (TPSA) is 72.1 Å². The van der Waals surface area contributed by atoms with Gasteiger partial charge in [0.25, 0.3) is 0 Å². The minimum Gasteiger partial charge on any atom is -0.493 e. The van der Waals surface area contributed by atoms with Gasteiger partial charge >= 0.3 is 0 Å². The average molecular weight is 403 g/mol. The molecule has 0 unspecified atom stereocenters. The lowest BCUT2D eigenvalue weighted by atomic mass is 9.65. The van der Waals surface area contributed by atoms with Gasteiger partial charge in [-0.1, -0.05) is 25.8 Å². The number of nitrogens with zero attached hydrogens (tertiary/aromatic N) is 2. The predicted molar refractivity (Wildman–Crippen MR) is 119 cm³/mol. The van der Waals surface area contributed by atoms with Crippen LogP contribution in [0, 0.1) is 0 Å². The van der Waals surface area contributed by atoms with Crippen LogP contribution in [0.4, 0.5) is 0 Å². The van der Waals surface area contributed by atoms with Gasteiger partial charge in [0.15, 0.2) is 17.5 Å². The van der Waals surface area contributed by atoms with Gasteiger partial charge in [0.2, 0.25) is 0 Å². The summed E-state index contributed by atoms with van der Waals surface area (Å²) >= 11 is 0. The third-order valence-corrected chi connectivity index (χ3v) is 6.88. The Morgan fingerprint density at radius 3 is 2.76 bits per heavy atom. The number of ether oxygens (including phenoxy) is 2. The van der Waals surface area contributed by atoms with Crippen molar-refractivity contribution in [2.24, 2.45) is 10.7 Å². The normalized spacial score (nSPS) is 27.5. The number of unbranched alkanes of at least 4 members (excludes halogenated alkanes) is 2. The Hall–Kier alpha value is -1.95. The molecule has 0 bridgehead atoms. The number of likely N-dealkylation sites (tertiary alicyclic amines) is 1. The molecule has 0 aromatic heterocycles. The number of hydrogen-bond donors (Lipinski definition) is 2. The number of rotatable bonds is 8. The molecular formula is C23H38N4O2. The molecule has 1 aliphatic heterocycles. The zero-order valence-corrected chi connectivity index (χ0v) is 18.5. The number of nitrogens with one attached hydrogen (secondary N) is 1. The van der Waals surface area contributed by atoms with Crippen LogP contribution in [0.5, 0.6) is 11.5 Å². The van der Waals surface area contributed by atoms with Crippen molar-refractivity contribution in [3.63, 3.8) is 0 Å². The highest BCUT2D eigenvalue weighted by molar-refractivity contribution is 5.78. The number of methoxy groups -OCH3 is 2. The first-order valence-corrected chi connectivity index (χ1v) is 11.0. The number of aliphatic imine (C=N–C) groups is 1. The number of nitrogens with two attached hydrogens (primary N) is 1. The van der Waals surface area contributed by atoms with Crippen molar-refractivity contribution in [3.05, 3.63) is 23.8 Å². The smallest absolute Gasteiger partial charge is 0.188 e. The number of likely N-dealkylation sites (N-methyl/N-ethyl adjacent to an activating group) is 1. The Balaban J connectivity index is 1.73. The molecule has 1 aliphatic carbocycles. The monoisotopic (exact) mass is 402 g/mol. The molecular weight excluding hydrogens is 364 g/mol. The Labute approximate surface area is 175 Å². The Bertz CT molecular complexity index is 708. The maximum Gasteiger partial charge on any atom is 0.188 e. The van der Waals surface area contributed by atoms with Crippen LogP contribution in [-0.2, 0) is 5.41 Å². The summed E-state index contributed by atoms with van der Waals surface area (Å²) < 4.78 is 11.0. The fraction of sp³-hybridized carbons (Fsp3) is 0.696. The first kappa shape index (κ1) is 21.8. The summed E-state index contributed by atoms with van der Waals surface area (Å²) in [5.74, 6) is 2.21. The minimum absolute atomic E-state index is 0.166. The molecule has 0 spiro atoms.